The maximum absolute atomic E-state index is 14.0. The summed E-state index contributed by atoms with van der Waals surface area (Å²) in [5.74, 6) is 0.409. The van der Waals surface area contributed by atoms with Crippen LogP contribution in [0.25, 0.3) is 0 Å². The quantitative estimate of drug-likeness (QED) is 0.516. The molecule has 0 saturated heterocycles. The Morgan fingerprint density at radius 3 is 2.40 bits per heavy atom. The highest BCUT2D eigenvalue weighted by Gasteiger charge is 2.60. The lowest BCUT2D eigenvalue weighted by atomic mass is 9.58. The molecule has 3 rings (SSSR count). The second-order valence-corrected chi connectivity index (χ2v) is 10.4. The van der Waals surface area contributed by atoms with Crippen molar-refractivity contribution in [1.82, 2.24) is 14.7 Å². The first-order valence-electron chi connectivity index (χ1n) is 11.0. The van der Waals surface area contributed by atoms with Crippen molar-refractivity contribution in [3.8, 4) is 0 Å². The number of amides is 1. The summed E-state index contributed by atoms with van der Waals surface area (Å²) in [6, 6.07) is 6.93. The van der Waals surface area contributed by atoms with Crippen LogP contribution in [0, 0.1) is 11.7 Å². The molecule has 5 nitrogen and oxygen atoms in total. The molecule has 0 unspecified atom stereocenters. The lowest BCUT2D eigenvalue weighted by molar-refractivity contribution is -0.147. The van der Waals surface area contributed by atoms with E-state index in [0.29, 0.717) is 5.92 Å². The summed E-state index contributed by atoms with van der Waals surface area (Å²) in [7, 11) is 7.94. The van der Waals surface area contributed by atoms with Crippen LogP contribution in [-0.4, -0.2) is 80.1 Å². The first-order chi connectivity index (χ1) is 14.1. The molecule has 1 amide bonds. The minimum atomic E-state index is -0.273. The third kappa shape index (κ3) is 4.71. The summed E-state index contributed by atoms with van der Waals surface area (Å²) < 4.78 is 19.7. The van der Waals surface area contributed by atoms with E-state index in [4.69, 9.17) is 4.74 Å². The molecule has 0 radical (unpaired) electrons. The number of rotatable bonds is 11. The number of nitrogens with zero attached hydrogens (tertiary/aromatic N) is 3. The Balaban J connectivity index is 1.88. The van der Waals surface area contributed by atoms with Crippen molar-refractivity contribution in [2.45, 2.75) is 56.2 Å². The molecule has 1 aromatic carbocycles. The first-order valence-corrected chi connectivity index (χ1v) is 11.0. The van der Waals surface area contributed by atoms with E-state index in [2.05, 4.69) is 44.8 Å². The van der Waals surface area contributed by atoms with E-state index in [1.54, 1.807) is 19.2 Å². The zero-order valence-corrected chi connectivity index (χ0v) is 19.4. The Hall–Kier alpha value is -1.50. The van der Waals surface area contributed by atoms with Gasteiger partial charge in [0.2, 0.25) is 6.41 Å². The highest BCUT2D eigenvalue weighted by atomic mass is 19.1. The number of benzene rings is 1. The third-order valence-corrected chi connectivity index (χ3v) is 7.12. The molecule has 2 aliphatic rings. The van der Waals surface area contributed by atoms with Crippen LogP contribution >= 0.6 is 0 Å². The van der Waals surface area contributed by atoms with E-state index in [1.165, 1.54) is 18.9 Å². The zero-order chi connectivity index (χ0) is 22.2. The van der Waals surface area contributed by atoms with Crippen LogP contribution in [0.2, 0.25) is 0 Å². The predicted octanol–water partition coefficient (Wildman–Crippen LogP) is 3.34. The van der Waals surface area contributed by atoms with Crippen molar-refractivity contribution in [3.63, 3.8) is 0 Å². The lowest BCUT2D eigenvalue weighted by Crippen LogP contribution is -2.71. The molecule has 30 heavy (non-hydrogen) atoms. The van der Waals surface area contributed by atoms with Crippen molar-refractivity contribution in [2.75, 3.05) is 47.9 Å². The molecular formula is C24H38FN3O2. The van der Waals surface area contributed by atoms with E-state index in [0.717, 1.165) is 44.4 Å². The van der Waals surface area contributed by atoms with Gasteiger partial charge >= 0.3 is 0 Å². The van der Waals surface area contributed by atoms with Crippen molar-refractivity contribution in [2.24, 2.45) is 5.92 Å². The summed E-state index contributed by atoms with van der Waals surface area (Å²) in [6.07, 6.45) is 5.03. The summed E-state index contributed by atoms with van der Waals surface area (Å²) in [5.41, 5.74) is 0.188. The van der Waals surface area contributed by atoms with Gasteiger partial charge in [-0.3, -0.25) is 9.69 Å². The minimum absolute atomic E-state index is 0.213. The standard InChI is InChI=1S/C24H38FN3O2/c1-22(2,30-6)16-27(5)17-23(28(18-29)13-19-10-11-19)14-24(15-23,26(3)4)20-8-7-9-21(25)12-20/h7-9,12,18-19H,10-11,13-17H2,1-6H3. The number of carbonyl (C=O) groups is 1. The molecule has 6 heteroatoms. The van der Waals surface area contributed by atoms with Crippen LogP contribution in [0.1, 0.15) is 45.1 Å². The van der Waals surface area contributed by atoms with Crippen LogP contribution in [-0.2, 0) is 15.1 Å². The van der Waals surface area contributed by atoms with Gasteiger partial charge in [0.1, 0.15) is 5.82 Å². The third-order valence-electron chi connectivity index (χ3n) is 7.12. The monoisotopic (exact) mass is 419 g/mol. The molecule has 168 valence electrons. The molecule has 2 fully saturated rings. The maximum Gasteiger partial charge on any atom is 0.210 e. The molecule has 0 N–H and O–H groups in total. The highest BCUT2D eigenvalue weighted by Crippen LogP contribution is 2.55. The summed E-state index contributed by atoms with van der Waals surface area (Å²) in [4.78, 5) is 18.7. The van der Waals surface area contributed by atoms with Gasteiger partial charge in [0, 0.05) is 26.7 Å². The highest BCUT2D eigenvalue weighted by molar-refractivity contribution is 5.51. The first kappa shape index (κ1) is 23.2. The fraction of sp³-hybridized carbons (Fsp3) is 0.708. The Bertz CT molecular complexity index is 742. The summed E-state index contributed by atoms with van der Waals surface area (Å²) in [5, 5.41) is 0. The molecule has 2 saturated carbocycles. The van der Waals surface area contributed by atoms with E-state index < -0.39 is 0 Å². The minimum Gasteiger partial charge on any atom is -0.377 e. The number of hydrogen-bond acceptors (Lipinski definition) is 4. The van der Waals surface area contributed by atoms with Gasteiger partial charge < -0.3 is 14.5 Å². The van der Waals surface area contributed by atoms with Crippen molar-refractivity contribution in [1.29, 1.82) is 0 Å². The van der Waals surface area contributed by atoms with Gasteiger partial charge in [0.15, 0.2) is 0 Å². The van der Waals surface area contributed by atoms with Crippen LogP contribution < -0.4 is 0 Å². The average molecular weight is 420 g/mol. The van der Waals surface area contributed by atoms with Gasteiger partial charge in [-0.2, -0.15) is 0 Å². The second-order valence-electron chi connectivity index (χ2n) is 10.4. The zero-order valence-electron chi connectivity index (χ0n) is 19.4. The fourth-order valence-electron chi connectivity index (χ4n) is 5.20. The van der Waals surface area contributed by atoms with Gasteiger partial charge in [0.25, 0.3) is 0 Å². The molecular weight excluding hydrogens is 381 g/mol. The van der Waals surface area contributed by atoms with Gasteiger partial charge in [-0.1, -0.05) is 12.1 Å². The number of ether oxygens (including phenoxy) is 1. The van der Waals surface area contributed by atoms with E-state index in [-0.39, 0.29) is 22.5 Å². The smallest absolute Gasteiger partial charge is 0.210 e. The number of carbonyl (C=O) groups excluding carboxylic acids is 1. The van der Waals surface area contributed by atoms with E-state index in [1.807, 2.05) is 11.0 Å². The Morgan fingerprint density at radius 1 is 1.23 bits per heavy atom. The Morgan fingerprint density at radius 2 is 1.90 bits per heavy atom. The van der Waals surface area contributed by atoms with Crippen molar-refractivity contribution >= 4 is 6.41 Å². The molecule has 0 bridgehead atoms. The second kappa shape index (κ2) is 8.56. The Labute approximate surface area is 181 Å². The van der Waals surface area contributed by atoms with Crippen LogP contribution in [0.15, 0.2) is 24.3 Å². The van der Waals surface area contributed by atoms with E-state index >= 15 is 0 Å². The molecule has 0 aromatic heterocycles. The van der Waals surface area contributed by atoms with Gasteiger partial charge in [0.05, 0.1) is 16.7 Å². The lowest BCUT2D eigenvalue weighted by Gasteiger charge is -2.63. The van der Waals surface area contributed by atoms with Crippen LogP contribution in [0.3, 0.4) is 0 Å². The molecule has 0 atom stereocenters. The van der Waals surface area contributed by atoms with E-state index in [9.17, 15) is 9.18 Å². The molecule has 0 spiro atoms. The summed E-state index contributed by atoms with van der Waals surface area (Å²) in [6.45, 7) is 6.52. The number of likely N-dealkylation sites (N-methyl/N-ethyl adjacent to an activating group) is 1. The van der Waals surface area contributed by atoms with Gasteiger partial charge in [-0.25, -0.2) is 4.39 Å². The molecule has 0 heterocycles. The topological polar surface area (TPSA) is 36.0 Å². The maximum atomic E-state index is 14.0. The average Bonchev–Trinajstić information content (AvgIpc) is 3.46. The van der Waals surface area contributed by atoms with Crippen LogP contribution in [0.4, 0.5) is 4.39 Å². The number of hydrogen-bond donors (Lipinski definition) is 0. The van der Waals surface area contributed by atoms with Crippen molar-refractivity contribution in [3.05, 3.63) is 35.6 Å². The molecule has 1 aromatic rings. The fourth-order valence-corrected chi connectivity index (χ4v) is 5.20. The summed E-state index contributed by atoms with van der Waals surface area (Å²) >= 11 is 0. The SMILES string of the molecule is COC(C)(C)CN(C)CC1(N(C=O)CC2CC2)CC(c2cccc(F)c2)(N(C)C)C1. The normalized spacial score (nSPS) is 26.7. The number of methoxy groups -OCH3 is 1. The largest absolute Gasteiger partial charge is 0.377 e. The van der Waals surface area contributed by atoms with Crippen LogP contribution in [0.5, 0.6) is 0 Å². The number of halogens is 1. The predicted molar refractivity (Wildman–Crippen MR) is 118 cm³/mol. The van der Waals surface area contributed by atoms with Gasteiger partial charge in [-0.15, -0.1) is 0 Å². The van der Waals surface area contributed by atoms with Crippen molar-refractivity contribution < 1.29 is 13.9 Å². The van der Waals surface area contributed by atoms with Gasteiger partial charge in [-0.05, 0) is 84.3 Å². The Kier molecular flexibility index (Phi) is 6.61. The molecule has 2 aliphatic carbocycles. The molecule has 0 aliphatic heterocycles.